The minimum atomic E-state index is -0.707. The number of halogens is 2. The van der Waals surface area contributed by atoms with Crippen molar-refractivity contribution in [1.82, 2.24) is 10.2 Å². The molecule has 36 heavy (non-hydrogen) atoms. The van der Waals surface area contributed by atoms with Gasteiger partial charge in [-0.1, -0.05) is 79.2 Å². The fraction of sp³-hybridized carbons (Fsp3) is 0.310. The predicted octanol–water partition coefficient (Wildman–Crippen LogP) is 6.27. The van der Waals surface area contributed by atoms with Gasteiger partial charge in [-0.2, -0.15) is 0 Å². The summed E-state index contributed by atoms with van der Waals surface area (Å²) in [7, 11) is 0. The maximum Gasteiger partial charge on any atom is 0.243 e. The van der Waals surface area contributed by atoms with Crippen LogP contribution in [0.15, 0.2) is 78.9 Å². The highest BCUT2D eigenvalue weighted by Crippen LogP contribution is 2.21. The van der Waals surface area contributed by atoms with Crippen molar-refractivity contribution in [3.05, 3.63) is 106 Å². The molecular weight excluding hydrogens is 495 g/mol. The Hall–Kier alpha value is -2.83. The number of nitrogens with one attached hydrogen (secondary N) is 1. The fourth-order valence-electron chi connectivity index (χ4n) is 3.77. The molecule has 2 amide bonds. The lowest BCUT2D eigenvalue weighted by molar-refractivity contribution is -0.139. The molecular formula is C29H32ClFN2O2S. The number of hydrogen-bond acceptors (Lipinski definition) is 3. The number of carbonyl (C=O) groups excluding carboxylic acids is 2. The third kappa shape index (κ3) is 8.38. The third-order valence-electron chi connectivity index (χ3n) is 5.96. The number of hydrogen-bond donors (Lipinski definition) is 1. The SMILES string of the molecule is CCC(C)NC(=O)C(Cc1ccccc1)N(Cc1cccc(Cl)c1)C(=O)CSCc1ccccc1F. The zero-order valence-electron chi connectivity index (χ0n) is 20.6. The first-order valence-corrected chi connectivity index (χ1v) is 13.6. The lowest BCUT2D eigenvalue weighted by Crippen LogP contribution is -2.52. The van der Waals surface area contributed by atoms with E-state index < -0.39 is 6.04 Å². The minimum Gasteiger partial charge on any atom is -0.352 e. The van der Waals surface area contributed by atoms with Gasteiger partial charge in [0.1, 0.15) is 11.9 Å². The standard InChI is InChI=1S/C29H32ClFN2O2S/c1-3-21(2)32-29(35)27(17-22-10-5-4-6-11-22)33(18-23-12-9-14-25(30)16-23)28(34)20-36-19-24-13-7-8-15-26(24)31/h4-16,21,27H,3,17-20H2,1-2H3,(H,32,35). The summed E-state index contributed by atoms with van der Waals surface area (Å²) < 4.78 is 14.1. The molecule has 2 atom stereocenters. The monoisotopic (exact) mass is 526 g/mol. The van der Waals surface area contributed by atoms with Gasteiger partial charge in [-0.15, -0.1) is 11.8 Å². The molecule has 0 saturated heterocycles. The van der Waals surface area contributed by atoms with Crippen LogP contribution in [0.5, 0.6) is 0 Å². The summed E-state index contributed by atoms with van der Waals surface area (Å²) in [4.78, 5) is 28.7. The summed E-state index contributed by atoms with van der Waals surface area (Å²) in [5.74, 6) is -0.176. The van der Waals surface area contributed by atoms with Crippen LogP contribution in [-0.4, -0.2) is 34.6 Å². The molecule has 0 aromatic heterocycles. The second-order valence-electron chi connectivity index (χ2n) is 8.76. The van der Waals surface area contributed by atoms with E-state index in [0.717, 1.165) is 17.5 Å². The Balaban J connectivity index is 1.86. The van der Waals surface area contributed by atoms with E-state index in [0.29, 0.717) is 22.8 Å². The highest BCUT2D eigenvalue weighted by molar-refractivity contribution is 7.99. The molecule has 0 heterocycles. The maximum atomic E-state index is 14.1. The van der Waals surface area contributed by atoms with Gasteiger partial charge in [-0.3, -0.25) is 9.59 Å². The fourth-order valence-corrected chi connectivity index (χ4v) is 4.88. The van der Waals surface area contributed by atoms with E-state index in [1.54, 1.807) is 35.2 Å². The Morgan fingerprint density at radius 2 is 1.69 bits per heavy atom. The van der Waals surface area contributed by atoms with Crippen molar-refractivity contribution in [2.24, 2.45) is 0 Å². The van der Waals surface area contributed by atoms with Crippen LogP contribution in [0.4, 0.5) is 4.39 Å². The Morgan fingerprint density at radius 1 is 1.00 bits per heavy atom. The van der Waals surface area contributed by atoms with Gasteiger partial charge in [-0.25, -0.2) is 4.39 Å². The third-order valence-corrected chi connectivity index (χ3v) is 7.16. The number of thioether (sulfide) groups is 1. The minimum absolute atomic E-state index is 0.0191. The van der Waals surface area contributed by atoms with Gasteiger partial charge < -0.3 is 10.2 Å². The lowest BCUT2D eigenvalue weighted by atomic mass is 10.0. The molecule has 0 radical (unpaired) electrons. The van der Waals surface area contributed by atoms with Crippen LogP contribution >= 0.6 is 23.4 Å². The smallest absolute Gasteiger partial charge is 0.243 e. The number of benzene rings is 3. The van der Waals surface area contributed by atoms with Crippen molar-refractivity contribution >= 4 is 35.2 Å². The summed E-state index contributed by atoms with van der Waals surface area (Å²) >= 11 is 7.55. The number of carbonyl (C=O) groups is 2. The second kappa shape index (κ2) is 14.0. The van der Waals surface area contributed by atoms with Gasteiger partial charge in [0.2, 0.25) is 11.8 Å². The summed E-state index contributed by atoms with van der Waals surface area (Å²) in [5.41, 5.74) is 2.35. The predicted molar refractivity (Wildman–Crippen MR) is 146 cm³/mol. The number of amides is 2. The van der Waals surface area contributed by atoms with Gasteiger partial charge in [-0.05, 0) is 48.2 Å². The molecule has 7 heteroatoms. The summed E-state index contributed by atoms with van der Waals surface area (Å²) in [6.07, 6.45) is 1.16. The molecule has 190 valence electrons. The van der Waals surface area contributed by atoms with Crippen LogP contribution in [-0.2, 0) is 28.3 Å². The molecule has 3 aromatic rings. The van der Waals surface area contributed by atoms with Gasteiger partial charge in [0, 0.05) is 29.8 Å². The Bertz CT molecular complexity index is 1140. The first-order valence-electron chi connectivity index (χ1n) is 12.1. The highest BCUT2D eigenvalue weighted by atomic mass is 35.5. The van der Waals surface area contributed by atoms with E-state index in [1.165, 1.54) is 17.8 Å². The van der Waals surface area contributed by atoms with Crippen molar-refractivity contribution in [1.29, 1.82) is 0 Å². The molecule has 0 fully saturated rings. The van der Waals surface area contributed by atoms with Gasteiger partial charge in [0.25, 0.3) is 0 Å². The highest BCUT2D eigenvalue weighted by Gasteiger charge is 2.31. The Labute approximate surface area is 222 Å². The van der Waals surface area contributed by atoms with Gasteiger partial charge in [0.05, 0.1) is 5.75 Å². The van der Waals surface area contributed by atoms with E-state index in [9.17, 15) is 14.0 Å². The van der Waals surface area contributed by atoms with E-state index in [2.05, 4.69) is 5.32 Å². The summed E-state index contributed by atoms with van der Waals surface area (Å²) in [5, 5.41) is 3.62. The largest absolute Gasteiger partial charge is 0.352 e. The van der Waals surface area contributed by atoms with Gasteiger partial charge in [0.15, 0.2) is 0 Å². The van der Waals surface area contributed by atoms with Gasteiger partial charge >= 0.3 is 0 Å². The molecule has 0 aliphatic rings. The zero-order chi connectivity index (χ0) is 25.9. The van der Waals surface area contributed by atoms with Crippen molar-refractivity contribution in [3.8, 4) is 0 Å². The summed E-state index contributed by atoms with van der Waals surface area (Å²) in [6.45, 7) is 4.20. The molecule has 0 spiro atoms. The van der Waals surface area contributed by atoms with Crippen LogP contribution in [0.2, 0.25) is 5.02 Å². The molecule has 0 aliphatic carbocycles. The van der Waals surface area contributed by atoms with Crippen LogP contribution in [0.3, 0.4) is 0 Å². The van der Waals surface area contributed by atoms with Crippen LogP contribution < -0.4 is 5.32 Å². The van der Waals surface area contributed by atoms with E-state index in [1.807, 2.05) is 56.3 Å². The average Bonchev–Trinajstić information content (AvgIpc) is 2.87. The number of rotatable bonds is 12. The maximum absolute atomic E-state index is 14.1. The van der Waals surface area contributed by atoms with Crippen molar-refractivity contribution < 1.29 is 14.0 Å². The Morgan fingerprint density at radius 3 is 2.39 bits per heavy atom. The van der Waals surface area contributed by atoms with Crippen LogP contribution in [0.25, 0.3) is 0 Å². The molecule has 3 aromatic carbocycles. The Kier molecular flexibility index (Phi) is 10.8. The number of nitrogens with zero attached hydrogens (tertiary/aromatic N) is 1. The van der Waals surface area contributed by atoms with Crippen LogP contribution in [0.1, 0.15) is 37.0 Å². The molecule has 0 bridgehead atoms. The van der Waals surface area contributed by atoms with E-state index in [4.69, 9.17) is 11.6 Å². The molecule has 3 rings (SSSR count). The van der Waals surface area contributed by atoms with E-state index >= 15 is 0 Å². The molecule has 4 nitrogen and oxygen atoms in total. The first-order chi connectivity index (χ1) is 17.4. The lowest BCUT2D eigenvalue weighted by Gasteiger charge is -2.32. The van der Waals surface area contributed by atoms with Crippen molar-refractivity contribution in [3.63, 3.8) is 0 Å². The molecule has 1 N–H and O–H groups in total. The van der Waals surface area contributed by atoms with Crippen LogP contribution in [0, 0.1) is 5.82 Å². The normalized spacial score (nSPS) is 12.6. The average molecular weight is 527 g/mol. The van der Waals surface area contributed by atoms with E-state index in [-0.39, 0.29) is 36.0 Å². The summed E-state index contributed by atoms with van der Waals surface area (Å²) in [6, 6.07) is 22.8. The zero-order valence-corrected chi connectivity index (χ0v) is 22.2. The topological polar surface area (TPSA) is 49.4 Å². The molecule has 0 aliphatic heterocycles. The molecule has 2 unspecified atom stereocenters. The second-order valence-corrected chi connectivity index (χ2v) is 10.2. The van der Waals surface area contributed by atoms with Crippen molar-refractivity contribution in [2.45, 2.75) is 51.1 Å². The quantitative estimate of drug-likeness (QED) is 0.303. The first kappa shape index (κ1) is 27.8. The molecule has 0 saturated carbocycles. The van der Waals surface area contributed by atoms with Crippen molar-refractivity contribution in [2.75, 3.05) is 5.75 Å².